The van der Waals surface area contributed by atoms with Gasteiger partial charge in [-0.25, -0.2) is 4.79 Å². The summed E-state index contributed by atoms with van der Waals surface area (Å²) in [6, 6.07) is 6.97. The first kappa shape index (κ1) is 18.3. The third-order valence-electron chi connectivity index (χ3n) is 4.29. The van der Waals surface area contributed by atoms with Gasteiger partial charge in [0.15, 0.2) is 0 Å². The molecule has 0 radical (unpaired) electrons. The Morgan fingerprint density at radius 3 is 2.69 bits per heavy atom. The minimum atomic E-state index is -0.940. The zero-order chi connectivity index (χ0) is 18.8. The number of rotatable bonds is 5. The summed E-state index contributed by atoms with van der Waals surface area (Å²) in [4.78, 5) is 38.1. The molecule has 136 valence electrons. The molecular weight excluding hydrogens is 352 g/mol. The summed E-state index contributed by atoms with van der Waals surface area (Å²) in [5.41, 5.74) is 1.94. The molecule has 7 heteroatoms. The van der Waals surface area contributed by atoms with E-state index in [1.54, 1.807) is 13.0 Å². The fourth-order valence-corrected chi connectivity index (χ4v) is 3.87. The largest absolute Gasteiger partial charge is 0.464 e. The summed E-state index contributed by atoms with van der Waals surface area (Å²) in [7, 11) is 0. The molecular formula is C19H20N2O4S. The van der Waals surface area contributed by atoms with Crippen LogP contribution in [0.1, 0.15) is 26.3 Å². The van der Waals surface area contributed by atoms with E-state index in [0.717, 1.165) is 39.7 Å². The summed E-state index contributed by atoms with van der Waals surface area (Å²) in [6.45, 7) is 6.23. The topological polar surface area (TPSA) is 68.6 Å². The molecule has 0 spiro atoms. The van der Waals surface area contributed by atoms with Crippen molar-refractivity contribution in [3.8, 4) is 0 Å². The van der Waals surface area contributed by atoms with Gasteiger partial charge in [0.25, 0.3) is 11.1 Å². The molecule has 2 amide bonds. The summed E-state index contributed by atoms with van der Waals surface area (Å²) >= 11 is 0.847. The van der Waals surface area contributed by atoms with Crippen molar-refractivity contribution in [1.82, 2.24) is 9.47 Å². The van der Waals surface area contributed by atoms with Crippen LogP contribution in [0, 0.1) is 0 Å². The maximum absolute atomic E-state index is 12.7. The average Bonchev–Trinajstić information content (AvgIpc) is 3.12. The molecule has 1 unspecified atom stereocenters. The Bertz CT molecular complexity index is 915. The zero-order valence-electron chi connectivity index (χ0n) is 14.9. The van der Waals surface area contributed by atoms with Crippen LogP contribution in [0.4, 0.5) is 4.79 Å². The fourth-order valence-electron chi connectivity index (χ4n) is 2.98. The summed E-state index contributed by atoms with van der Waals surface area (Å²) < 4.78 is 7.01. The number of nitrogens with zero attached hydrogens (tertiary/aromatic N) is 2. The number of aryl methyl sites for hydroxylation is 1. The predicted octanol–water partition coefficient (Wildman–Crippen LogP) is 3.65. The van der Waals surface area contributed by atoms with Gasteiger partial charge in [0.2, 0.25) is 0 Å². The Labute approximate surface area is 155 Å². The van der Waals surface area contributed by atoms with E-state index in [1.165, 1.54) is 6.92 Å². The highest BCUT2D eigenvalue weighted by Crippen LogP contribution is 2.35. The standard InChI is InChI=1S/C19H20N2O4S/c1-4-20-11-13(14-8-6-7-9-15(14)20)10-16-17(22)21(19(24)26-16)12(3)18(23)25-5-2/h6-12H,4-5H2,1-3H3. The van der Waals surface area contributed by atoms with Crippen LogP contribution in [-0.4, -0.2) is 39.2 Å². The number of amides is 2. The van der Waals surface area contributed by atoms with Gasteiger partial charge in [-0.05, 0) is 44.7 Å². The van der Waals surface area contributed by atoms with Crippen molar-refractivity contribution in [2.45, 2.75) is 33.4 Å². The van der Waals surface area contributed by atoms with Crippen LogP contribution < -0.4 is 0 Å². The first-order chi connectivity index (χ1) is 12.5. The Hall–Kier alpha value is -2.54. The number of hydrogen-bond donors (Lipinski definition) is 0. The minimum absolute atomic E-state index is 0.200. The number of thioether (sulfide) groups is 1. The highest BCUT2D eigenvalue weighted by atomic mass is 32.2. The molecule has 1 aliphatic rings. The molecule has 1 saturated heterocycles. The lowest BCUT2D eigenvalue weighted by atomic mass is 10.1. The second-order valence-corrected chi connectivity index (χ2v) is 6.86. The first-order valence-corrected chi connectivity index (χ1v) is 9.31. The normalized spacial score (nSPS) is 17.3. The summed E-state index contributed by atoms with van der Waals surface area (Å²) in [5.74, 6) is -1.05. The van der Waals surface area contributed by atoms with E-state index >= 15 is 0 Å². The lowest BCUT2D eigenvalue weighted by molar-refractivity contribution is -0.150. The van der Waals surface area contributed by atoms with Gasteiger partial charge >= 0.3 is 5.97 Å². The molecule has 26 heavy (non-hydrogen) atoms. The van der Waals surface area contributed by atoms with E-state index in [0.29, 0.717) is 4.91 Å². The maximum Gasteiger partial charge on any atom is 0.329 e. The quantitative estimate of drug-likeness (QED) is 0.592. The van der Waals surface area contributed by atoms with Gasteiger partial charge in [0, 0.05) is 29.2 Å². The number of carbonyl (C=O) groups excluding carboxylic acids is 3. The molecule has 1 atom stereocenters. The summed E-state index contributed by atoms with van der Waals surface area (Å²) in [6.07, 6.45) is 3.69. The molecule has 2 heterocycles. The lowest BCUT2D eigenvalue weighted by Gasteiger charge is -2.19. The second kappa shape index (κ2) is 7.37. The Kier molecular flexibility index (Phi) is 5.18. The molecule has 1 aromatic heterocycles. The van der Waals surface area contributed by atoms with E-state index < -0.39 is 23.2 Å². The third kappa shape index (κ3) is 3.14. The van der Waals surface area contributed by atoms with Crippen LogP contribution in [0.3, 0.4) is 0 Å². The van der Waals surface area contributed by atoms with E-state index in [-0.39, 0.29) is 6.61 Å². The number of benzene rings is 1. The number of hydrogen-bond acceptors (Lipinski definition) is 5. The number of fused-ring (bicyclic) bond motifs is 1. The van der Waals surface area contributed by atoms with Crippen molar-refractivity contribution >= 4 is 45.9 Å². The van der Waals surface area contributed by atoms with Crippen molar-refractivity contribution in [2.75, 3.05) is 6.61 Å². The highest BCUT2D eigenvalue weighted by Gasteiger charge is 2.41. The fraction of sp³-hybridized carbons (Fsp3) is 0.316. The van der Waals surface area contributed by atoms with Crippen molar-refractivity contribution in [2.24, 2.45) is 0 Å². The average molecular weight is 372 g/mol. The molecule has 3 rings (SSSR count). The van der Waals surface area contributed by atoms with Gasteiger partial charge in [-0.15, -0.1) is 0 Å². The van der Waals surface area contributed by atoms with Gasteiger partial charge in [-0.1, -0.05) is 18.2 Å². The third-order valence-corrected chi connectivity index (χ3v) is 5.17. The SMILES string of the molecule is CCOC(=O)C(C)N1C(=O)SC(=Cc2cn(CC)c3ccccc23)C1=O. The number of esters is 1. The van der Waals surface area contributed by atoms with Crippen molar-refractivity contribution in [3.05, 3.63) is 40.9 Å². The first-order valence-electron chi connectivity index (χ1n) is 8.49. The van der Waals surface area contributed by atoms with Gasteiger partial charge in [0.1, 0.15) is 6.04 Å². The van der Waals surface area contributed by atoms with Gasteiger partial charge in [0.05, 0.1) is 11.5 Å². The molecule has 0 bridgehead atoms. The van der Waals surface area contributed by atoms with Crippen molar-refractivity contribution in [3.63, 3.8) is 0 Å². The minimum Gasteiger partial charge on any atom is -0.464 e. The second-order valence-electron chi connectivity index (χ2n) is 5.87. The van der Waals surface area contributed by atoms with Crippen LogP contribution >= 0.6 is 11.8 Å². The Balaban J connectivity index is 1.95. The predicted molar refractivity (Wildman–Crippen MR) is 102 cm³/mol. The lowest BCUT2D eigenvalue weighted by Crippen LogP contribution is -2.42. The zero-order valence-corrected chi connectivity index (χ0v) is 15.7. The molecule has 0 saturated carbocycles. The van der Waals surface area contributed by atoms with Crippen LogP contribution in [0.15, 0.2) is 35.4 Å². The molecule has 0 aliphatic carbocycles. The smallest absolute Gasteiger partial charge is 0.329 e. The van der Waals surface area contributed by atoms with E-state index in [4.69, 9.17) is 4.74 Å². The highest BCUT2D eigenvalue weighted by molar-refractivity contribution is 8.18. The number of ether oxygens (including phenoxy) is 1. The molecule has 1 aromatic carbocycles. The summed E-state index contributed by atoms with van der Waals surface area (Å²) in [5, 5.41) is 0.556. The van der Waals surface area contributed by atoms with Crippen LogP contribution in [0.2, 0.25) is 0 Å². The van der Waals surface area contributed by atoms with Crippen LogP contribution in [0.5, 0.6) is 0 Å². The molecule has 1 aliphatic heterocycles. The van der Waals surface area contributed by atoms with Gasteiger partial charge in [-0.3, -0.25) is 14.5 Å². The Morgan fingerprint density at radius 1 is 1.27 bits per heavy atom. The Morgan fingerprint density at radius 2 is 2.00 bits per heavy atom. The molecule has 0 N–H and O–H groups in total. The van der Waals surface area contributed by atoms with E-state index in [1.807, 2.05) is 37.4 Å². The number of imide groups is 1. The van der Waals surface area contributed by atoms with E-state index in [9.17, 15) is 14.4 Å². The van der Waals surface area contributed by atoms with Crippen molar-refractivity contribution in [1.29, 1.82) is 0 Å². The monoisotopic (exact) mass is 372 g/mol. The van der Waals surface area contributed by atoms with Crippen LogP contribution in [-0.2, 0) is 20.9 Å². The number of para-hydroxylation sites is 1. The van der Waals surface area contributed by atoms with Crippen molar-refractivity contribution < 1.29 is 19.1 Å². The molecule has 1 fully saturated rings. The van der Waals surface area contributed by atoms with Gasteiger partial charge < -0.3 is 9.30 Å². The number of carbonyl (C=O) groups is 3. The van der Waals surface area contributed by atoms with Crippen LogP contribution in [0.25, 0.3) is 17.0 Å². The molecule has 6 nitrogen and oxygen atoms in total. The van der Waals surface area contributed by atoms with Gasteiger partial charge in [-0.2, -0.15) is 0 Å². The maximum atomic E-state index is 12.7. The number of aromatic nitrogens is 1. The molecule has 2 aromatic rings. The van der Waals surface area contributed by atoms with E-state index in [2.05, 4.69) is 4.57 Å².